The summed E-state index contributed by atoms with van der Waals surface area (Å²) in [7, 11) is 0. The third-order valence-electron chi connectivity index (χ3n) is 4.35. The highest BCUT2D eigenvalue weighted by molar-refractivity contribution is 7.99. The number of amides is 1. The van der Waals surface area contributed by atoms with Gasteiger partial charge in [0.25, 0.3) is 0 Å². The minimum absolute atomic E-state index is 0.00153. The third kappa shape index (κ3) is 5.36. The summed E-state index contributed by atoms with van der Waals surface area (Å²) in [5.41, 5.74) is 2.08. The number of carbonyl (C=O) groups is 1. The van der Waals surface area contributed by atoms with Gasteiger partial charge in [-0.3, -0.25) is 9.36 Å². The molecule has 0 unspecified atom stereocenters. The highest BCUT2D eigenvalue weighted by atomic mass is 35.5. The standard InChI is InChI=1S/C21H23ClN4OS/c1-3-15(2)23-19(27)14-28-21-25-24-20(17-9-11-18(22)12-10-17)26(21)13-16-7-5-4-6-8-16/h4-12,15H,3,13-14H2,1-2H3,(H,23,27)/t15-/m0/s1. The summed E-state index contributed by atoms with van der Waals surface area (Å²) in [4.78, 5) is 12.2. The maximum Gasteiger partial charge on any atom is 0.230 e. The van der Waals surface area contributed by atoms with Crippen LogP contribution in [0.1, 0.15) is 25.8 Å². The van der Waals surface area contributed by atoms with Gasteiger partial charge in [-0.15, -0.1) is 10.2 Å². The van der Waals surface area contributed by atoms with Gasteiger partial charge in [0.05, 0.1) is 12.3 Å². The fourth-order valence-corrected chi connectivity index (χ4v) is 3.54. The number of carbonyl (C=O) groups excluding carboxylic acids is 1. The van der Waals surface area contributed by atoms with Crippen molar-refractivity contribution >= 4 is 29.3 Å². The molecule has 1 amide bonds. The van der Waals surface area contributed by atoms with Gasteiger partial charge in [-0.2, -0.15) is 0 Å². The molecule has 0 aliphatic rings. The summed E-state index contributed by atoms with van der Waals surface area (Å²) < 4.78 is 2.04. The van der Waals surface area contributed by atoms with E-state index in [1.54, 1.807) is 0 Å². The van der Waals surface area contributed by atoms with Crippen LogP contribution in [0.3, 0.4) is 0 Å². The van der Waals surface area contributed by atoms with Crippen LogP contribution in [0.25, 0.3) is 11.4 Å². The van der Waals surface area contributed by atoms with Crippen LogP contribution in [0, 0.1) is 0 Å². The SMILES string of the molecule is CC[C@H](C)NC(=O)CSc1nnc(-c2ccc(Cl)cc2)n1Cc1ccccc1. The molecular formula is C21H23ClN4OS. The van der Waals surface area contributed by atoms with Crippen LogP contribution in [0.2, 0.25) is 5.02 Å². The van der Waals surface area contributed by atoms with Crippen LogP contribution in [-0.2, 0) is 11.3 Å². The molecule has 3 rings (SSSR count). The molecule has 2 aromatic carbocycles. The van der Waals surface area contributed by atoms with Gasteiger partial charge in [0.2, 0.25) is 5.91 Å². The number of aromatic nitrogens is 3. The Morgan fingerprint density at radius 3 is 2.54 bits per heavy atom. The Balaban J connectivity index is 1.85. The molecule has 3 aromatic rings. The van der Waals surface area contributed by atoms with E-state index < -0.39 is 0 Å². The minimum Gasteiger partial charge on any atom is -0.353 e. The van der Waals surface area contributed by atoms with Gasteiger partial charge >= 0.3 is 0 Å². The van der Waals surface area contributed by atoms with Gasteiger partial charge in [0.15, 0.2) is 11.0 Å². The monoisotopic (exact) mass is 414 g/mol. The molecule has 28 heavy (non-hydrogen) atoms. The van der Waals surface area contributed by atoms with Gasteiger partial charge in [-0.1, -0.05) is 60.6 Å². The average Bonchev–Trinajstić information content (AvgIpc) is 3.10. The lowest BCUT2D eigenvalue weighted by molar-refractivity contribution is -0.119. The van der Waals surface area contributed by atoms with E-state index in [1.165, 1.54) is 11.8 Å². The molecule has 0 fully saturated rings. The normalized spacial score (nSPS) is 12.0. The van der Waals surface area contributed by atoms with E-state index >= 15 is 0 Å². The van der Waals surface area contributed by atoms with Crippen molar-refractivity contribution in [3.63, 3.8) is 0 Å². The fraction of sp³-hybridized carbons (Fsp3) is 0.286. The summed E-state index contributed by atoms with van der Waals surface area (Å²) in [6.45, 7) is 4.67. The zero-order chi connectivity index (χ0) is 19.9. The van der Waals surface area contributed by atoms with Crippen molar-refractivity contribution in [1.29, 1.82) is 0 Å². The molecule has 0 aliphatic carbocycles. The van der Waals surface area contributed by atoms with Crippen molar-refractivity contribution in [2.75, 3.05) is 5.75 Å². The number of rotatable bonds is 8. The number of hydrogen-bond donors (Lipinski definition) is 1. The third-order valence-corrected chi connectivity index (χ3v) is 5.57. The average molecular weight is 415 g/mol. The zero-order valence-corrected chi connectivity index (χ0v) is 17.5. The zero-order valence-electron chi connectivity index (χ0n) is 15.9. The molecule has 1 atom stereocenters. The second-order valence-electron chi connectivity index (χ2n) is 6.55. The lowest BCUT2D eigenvalue weighted by Crippen LogP contribution is -2.33. The predicted octanol–water partition coefficient (Wildman–Crippen LogP) is 4.65. The molecule has 1 aromatic heterocycles. The van der Waals surface area contributed by atoms with Crippen molar-refractivity contribution < 1.29 is 4.79 Å². The highest BCUT2D eigenvalue weighted by Crippen LogP contribution is 2.26. The number of hydrogen-bond acceptors (Lipinski definition) is 4. The number of thioether (sulfide) groups is 1. The van der Waals surface area contributed by atoms with E-state index in [1.807, 2.05) is 60.9 Å². The van der Waals surface area contributed by atoms with Crippen LogP contribution in [0.4, 0.5) is 0 Å². The highest BCUT2D eigenvalue weighted by Gasteiger charge is 2.16. The first kappa shape index (κ1) is 20.4. The number of nitrogens with zero attached hydrogens (tertiary/aromatic N) is 3. The Bertz CT molecular complexity index is 912. The summed E-state index contributed by atoms with van der Waals surface area (Å²) >= 11 is 7.42. The maximum absolute atomic E-state index is 12.2. The maximum atomic E-state index is 12.2. The van der Waals surface area contributed by atoms with E-state index in [0.717, 1.165) is 23.4 Å². The fourth-order valence-electron chi connectivity index (χ4n) is 2.67. The molecule has 0 spiro atoms. The molecule has 0 saturated heterocycles. The summed E-state index contributed by atoms with van der Waals surface area (Å²) in [5.74, 6) is 1.06. The molecular weight excluding hydrogens is 392 g/mol. The second-order valence-corrected chi connectivity index (χ2v) is 7.93. The predicted molar refractivity (Wildman–Crippen MR) is 115 cm³/mol. The first-order chi connectivity index (χ1) is 13.6. The minimum atomic E-state index is 0.00153. The lowest BCUT2D eigenvalue weighted by Gasteiger charge is -2.12. The Kier molecular flexibility index (Phi) is 7.12. The van der Waals surface area contributed by atoms with E-state index in [0.29, 0.717) is 22.5 Å². The van der Waals surface area contributed by atoms with Crippen molar-refractivity contribution in [2.45, 2.75) is 38.0 Å². The van der Waals surface area contributed by atoms with Crippen LogP contribution in [0.15, 0.2) is 59.8 Å². The van der Waals surface area contributed by atoms with Crippen molar-refractivity contribution in [2.24, 2.45) is 0 Å². The largest absolute Gasteiger partial charge is 0.353 e. The lowest BCUT2D eigenvalue weighted by atomic mass is 10.2. The number of benzene rings is 2. The molecule has 0 bridgehead atoms. The van der Waals surface area contributed by atoms with Gasteiger partial charge in [-0.05, 0) is 43.2 Å². The van der Waals surface area contributed by atoms with E-state index in [-0.39, 0.29) is 11.9 Å². The topological polar surface area (TPSA) is 59.8 Å². The Morgan fingerprint density at radius 2 is 1.86 bits per heavy atom. The molecule has 0 radical (unpaired) electrons. The van der Waals surface area contributed by atoms with Crippen LogP contribution in [0.5, 0.6) is 0 Å². The summed E-state index contributed by atoms with van der Waals surface area (Å²) in [6, 6.07) is 17.8. The van der Waals surface area contributed by atoms with E-state index in [2.05, 4.69) is 27.6 Å². The molecule has 5 nitrogen and oxygen atoms in total. The van der Waals surface area contributed by atoms with Crippen LogP contribution in [-0.4, -0.2) is 32.5 Å². The van der Waals surface area contributed by atoms with Gasteiger partial charge in [0, 0.05) is 16.6 Å². The van der Waals surface area contributed by atoms with E-state index in [9.17, 15) is 4.79 Å². The van der Waals surface area contributed by atoms with Crippen LogP contribution < -0.4 is 5.32 Å². The molecule has 0 saturated carbocycles. The van der Waals surface area contributed by atoms with Gasteiger partial charge in [-0.25, -0.2) is 0 Å². The van der Waals surface area contributed by atoms with Crippen molar-refractivity contribution in [1.82, 2.24) is 20.1 Å². The van der Waals surface area contributed by atoms with Gasteiger partial charge in [0.1, 0.15) is 0 Å². The summed E-state index contributed by atoms with van der Waals surface area (Å²) in [6.07, 6.45) is 0.904. The van der Waals surface area contributed by atoms with E-state index in [4.69, 9.17) is 11.6 Å². The molecule has 1 N–H and O–H groups in total. The van der Waals surface area contributed by atoms with Crippen molar-refractivity contribution in [3.05, 3.63) is 65.2 Å². The Morgan fingerprint density at radius 1 is 1.14 bits per heavy atom. The molecule has 1 heterocycles. The van der Waals surface area contributed by atoms with Gasteiger partial charge < -0.3 is 5.32 Å². The molecule has 7 heteroatoms. The Labute approximate surface area is 174 Å². The molecule has 146 valence electrons. The number of halogens is 1. The summed E-state index contributed by atoms with van der Waals surface area (Å²) in [5, 5.41) is 13.1. The van der Waals surface area contributed by atoms with Crippen molar-refractivity contribution in [3.8, 4) is 11.4 Å². The first-order valence-electron chi connectivity index (χ1n) is 9.22. The number of nitrogens with one attached hydrogen (secondary N) is 1. The Hall–Kier alpha value is -2.31. The second kappa shape index (κ2) is 9.75. The van der Waals surface area contributed by atoms with Crippen LogP contribution >= 0.6 is 23.4 Å². The molecule has 0 aliphatic heterocycles. The first-order valence-corrected chi connectivity index (χ1v) is 10.6. The smallest absolute Gasteiger partial charge is 0.230 e. The quantitative estimate of drug-likeness (QED) is 0.545.